The van der Waals surface area contributed by atoms with Gasteiger partial charge in [0, 0.05) is 16.6 Å². The van der Waals surface area contributed by atoms with Crippen molar-refractivity contribution < 1.29 is 4.79 Å². The van der Waals surface area contributed by atoms with Gasteiger partial charge in [0.25, 0.3) is 5.91 Å². The average molecular weight is 313 g/mol. The van der Waals surface area contributed by atoms with Crippen molar-refractivity contribution in [3.63, 3.8) is 0 Å². The first-order valence-electron chi connectivity index (χ1n) is 7.09. The van der Waals surface area contributed by atoms with Gasteiger partial charge in [0.15, 0.2) is 0 Å². The summed E-state index contributed by atoms with van der Waals surface area (Å²) in [7, 11) is 0. The van der Waals surface area contributed by atoms with Crippen molar-refractivity contribution >= 4 is 29.1 Å². The zero-order valence-corrected chi connectivity index (χ0v) is 12.7. The molecule has 1 aromatic rings. The summed E-state index contributed by atoms with van der Waals surface area (Å²) in [5.41, 5.74) is 0.775. The van der Waals surface area contributed by atoms with Crippen molar-refractivity contribution in [2.24, 2.45) is 0 Å². The molecule has 1 spiro atoms. The second-order valence-electron chi connectivity index (χ2n) is 5.85. The van der Waals surface area contributed by atoms with Gasteiger partial charge in [-0.2, -0.15) is 0 Å². The fourth-order valence-corrected chi connectivity index (χ4v) is 3.70. The summed E-state index contributed by atoms with van der Waals surface area (Å²) >= 11 is 11.9. The minimum atomic E-state index is -0.104. The third-order valence-electron chi connectivity index (χ3n) is 4.45. The predicted octanol–water partition coefficient (Wildman–Crippen LogP) is 3.40. The molecule has 1 aromatic carbocycles. The molecule has 20 heavy (non-hydrogen) atoms. The number of hydrogen-bond acceptors (Lipinski definition) is 2. The van der Waals surface area contributed by atoms with Crippen molar-refractivity contribution in [2.45, 2.75) is 43.7 Å². The molecule has 0 aromatic heterocycles. The lowest BCUT2D eigenvalue weighted by molar-refractivity contribution is 0.0853. The summed E-state index contributed by atoms with van der Waals surface area (Å²) in [6.07, 6.45) is 5.72. The molecule has 1 atom stereocenters. The van der Waals surface area contributed by atoms with E-state index in [0.29, 0.717) is 15.6 Å². The molecule has 1 unspecified atom stereocenters. The molecule has 0 radical (unpaired) electrons. The number of carbonyl (C=O) groups excluding carboxylic acids is 1. The van der Waals surface area contributed by atoms with Crippen LogP contribution in [0.4, 0.5) is 0 Å². The van der Waals surface area contributed by atoms with Crippen LogP contribution in [0.1, 0.15) is 42.5 Å². The lowest BCUT2D eigenvalue weighted by Crippen LogP contribution is -2.59. The van der Waals surface area contributed by atoms with Gasteiger partial charge in [0.1, 0.15) is 0 Å². The van der Waals surface area contributed by atoms with Crippen LogP contribution in [0, 0.1) is 0 Å². The molecule has 5 heteroatoms. The van der Waals surface area contributed by atoms with Gasteiger partial charge in [-0.15, -0.1) is 0 Å². The summed E-state index contributed by atoms with van der Waals surface area (Å²) in [6, 6.07) is 5.21. The van der Waals surface area contributed by atoms with Gasteiger partial charge in [-0.1, -0.05) is 23.2 Å². The van der Waals surface area contributed by atoms with Crippen molar-refractivity contribution in [1.82, 2.24) is 10.6 Å². The summed E-state index contributed by atoms with van der Waals surface area (Å²) in [5, 5.41) is 7.66. The van der Waals surface area contributed by atoms with E-state index in [1.807, 2.05) is 0 Å². The Labute approximate surface area is 129 Å². The highest BCUT2D eigenvalue weighted by Gasteiger charge is 2.41. The highest BCUT2D eigenvalue weighted by Crippen LogP contribution is 2.38. The maximum absolute atomic E-state index is 12.3. The summed E-state index contributed by atoms with van der Waals surface area (Å²) in [6.45, 7) is 0.972. The molecule has 2 N–H and O–H groups in total. The topological polar surface area (TPSA) is 41.1 Å². The minimum Gasteiger partial charge on any atom is -0.349 e. The molecule has 1 saturated carbocycles. The van der Waals surface area contributed by atoms with Crippen molar-refractivity contribution in [2.75, 3.05) is 6.54 Å². The molecule has 1 aliphatic heterocycles. The first-order chi connectivity index (χ1) is 9.58. The molecule has 2 fully saturated rings. The first kappa shape index (κ1) is 14.2. The van der Waals surface area contributed by atoms with Crippen LogP contribution >= 0.6 is 23.2 Å². The Morgan fingerprint density at radius 3 is 2.80 bits per heavy atom. The fourth-order valence-electron chi connectivity index (χ4n) is 3.20. The second kappa shape index (κ2) is 5.55. The quantitative estimate of drug-likeness (QED) is 0.878. The highest BCUT2D eigenvalue weighted by molar-refractivity contribution is 6.36. The number of rotatable bonds is 2. The predicted molar refractivity (Wildman–Crippen MR) is 81.5 cm³/mol. The van der Waals surface area contributed by atoms with E-state index in [1.54, 1.807) is 18.2 Å². The van der Waals surface area contributed by atoms with Crippen molar-refractivity contribution in [3.8, 4) is 0 Å². The number of amides is 1. The molecule has 3 nitrogen and oxygen atoms in total. The number of halogens is 2. The second-order valence-corrected chi connectivity index (χ2v) is 6.69. The smallest absolute Gasteiger partial charge is 0.253 e. The van der Waals surface area contributed by atoms with Crippen molar-refractivity contribution in [1.29, 1.82) is 0 Å². The Kier molecular flexibility index (Phi) is 3.93. The first-order valence-corrected chi connectivity index (χ1v) is 7.85. The third kappa shape index (κ3) is 2.80. The van der Waals surface area contributed by atoms with E-state index in [1.165, 1.54) is 19.3 Å². The van der Waals surface area contributed by atoms with Gasteiger partial charge in [0.2, 0.25) is 0 Å². The van der Waals surface area contributed by atoms with Crippen LogP contribution < -0.4 is 10.6 Å². The number of carbonyl (C=O) groups is 1. The van der Waals surface area contributed by atoms with E-state index in [9.17, 15) is 4.79 Å². The van der Waals surface area contributed by atoms with Crippen LogP contribution in [0.15, 0.2) is 18.2 Å². The van der Waals surface area contributed by atoms with E-state index in [2.05, 4.69) is 10.6 Å². The molecule has 3 rings (SSSR count). The molecule has 1 amide bonds. The maximum Gasteiger partial charge on any atom is 0.253 e. The molecule has 1 saturated heterocycles. The van der Waals surface area contributed by atoms with Crippen LogP contribution in [0.3, 0.4) is 0 Å². The van der Waals surface area contributed by atoms with Crippen LogP contribution in [0.2, 0.25) is 10.0 Å². The molecule has 108 valence electrons. The molecule has 0 bridgehead atoms. The van der Waals surface area contributed by atoms with Crippen LogP contribution in [-0.4, -0.2) is 24.0 Å². The number of hydrogen-bond donors (Lipinski definition) is 2. The monoisotopic (exact) mass is 312 g/mol. The Bertz CT molecular complexity index is 529. The molecular weight excluding hydrogens is 295 g/mol. The highest BCUT2D eigenvalue weighted by atomic mass is 35.5. The average Bonchev–Trinajstić information content (AvgIpc) is 2.37. The number of piperidine rings is 1. The molecule has 1 aliphatic carbocycles. The molecule has 1 heterocycles. The van der Waals surface area contributed by atoms with Crippen LogP contribution in [-0.2, 0) is 0 Å². The van der Waals surface area contributed by atoms with E-state index in [0.717, 1.165) is 19.4 Å². The van der Waals surface area contributed by atoms with Crippen LogP contribution in [0.25, 0.3) is 0 Å². The standard InChI is InChI=1S/C15H18Cl2N2O/c16-10-2-3-12(13(17)8-10)14(20)19-11-4-7-18-15(9-11)5-1-6-15/h2-3,8,11,18H,1,4-7,9H2,(H,19,20). The summed E-state index contributed by atoms with van der Waals surface area (Å²) in [4.78, 5) is 12.3. The molecule has 2 aliphatic rings. The van der Waals surface area contributed by atoms with E-state index < -0.39 is 0 Å². The zero-order chi connectivity index (χ0) is 14.2. The van der Waals surface area contributed by atoms with E-state index in [-0.39, 0.29) is 17.5 Å². The maximum atomic E-state index is 12.3. The van der Waals surface area contributed by atoms with Gasteiger partial charge in [-0.25, -0.2) is 0 Å². The van der Waals surface area contributed by atoms with Gasteiger partial charge < -0.3 is 10.6 Å². The van der Waals surface area contributed by atoms with Gasteiger partial charge in [-0.3, -0.25) is 4.79 Å². The van der Waals surface area contributed by atoms with E-state index >= 15 is 0 Å². The Hall–Kier alpha value is -0.770. The van der Waals surface area contributed by atoms with E-state index in [4.69, 9.17) is 23.2 Å². The fraction of sp³-hybridized carbons (Fsp3) is 0.533. The SMILES string of the molecule is O=C(NC1CCNC2(CCC2)C1)c1ccc(Cl)cc1Cl. The molecular formula is C15H18Cl2N2O. The van der Waals surface area contributed by atoms with Gasteiger partial charge >= 0.3 is 0 Å². The van der Waals surface area contributed by atoms with Gasteiger partial charge in [0.05, 0.1) is 10.6 Å². The lowest BCUT2D eigenvalue weighted by Gasteiger charge is -2.48. The number of benzene rings is 1. The normalized spacial score (nSPS) is 24.2. The van der Waals surface area contributed by atoms with Gasteiger partial charge in [-0.05, 0) is 56.8 Å². The lowest BCUT2D eigenvalue weighted by atomic mass is 9.70. The zero-order valence-electron chi connectivity index (χ0n) is 11.2. The Morgan fingerprint density at radius 2 is 2.15 bits per heavy atom. The van der Waals surface area contributed by atoms with Crippen LogP contribution in [0.5, 0.6) is 0 Å². The van der Waals surface area contributed by atoms with Crippen molar-refractivity contribution in [3.05, 3.63) is 33.8 Å². The number of nitrogens with one attached hydrogen (secondary N) is 2. The Balaban J connectivity index is 1.66. The Morgan fingerprint density at radius 1 is 1.35 bits per heavy atom. The third-order valence-corrected chi connectivity index (χ3v) is 5.00. The summed E-state index contributed by atoms with van der Waals surface area (Å²) < 4.78 is 0. The largest absolute Gasteiger partial charge is 0.349 e. The minimum absolute atomic E-state index is 0.104. The summed E-state index contributed by atoms with van der Waals surface area (Å²) in [5.74, 6) is -0.104.